The molecule has 0 heterocycles. The molecule has 5 aromatic carbocycles. The summed E-state index contributed by atoms with van der Waals surface area (Å²) >= 11 is 0. The number of anilines is 1. The van der Waals surface area contributed by atoms with Gasteiger partial charge in [0.1, 0.15) is 24.1 Å². The van der Waals surface area contributed by atoms with Gasteiger partial charge >= 0.3 is 0 Å². The number of nitrogens with zero attached hydrogens (tertiary/aromatic N) is 2. The lowest BCUT2D eigenvalue weighted by Gasteiger charge is -2.35. The minimum atomic E-state index is -4.22. The molecule has 0 bridgehead atoms. The molecule has 5 rings (SSSR count). The third kappa shape index (κ3) is 9.58. The van der Waals surface area contributed by atoms with E-state index >= 15 is 0 Å². The molecule has 0 saturated carbocycles. The van der Waals surface area contributed by atoms with E-state index in [4.69, 9.17) is 4.74 Å². The number of rotatable bonds is 13. The van der Waals surface area contributed by atoms with Crippen LogP contribution in [0.3, 0.4) is 0 Å². The van der Waals surface area contributed by atoms with E-state index in [9.17, 15) is 18.0 Å². The highest BCUT2D eigenvalue weighted by atomic mass is 32.2. The SMILES string of the molecule is CC(C)(C)NC(=O)[C@H](Cc1ccccc1)N(Cc1ccccc1)C(=O)CN(c1ccc(Oc2ccccc2)cc1)S(=O)(=O)c1ccccc1. The Balaban J connectivity index is 1.55. The molecule has 0 aromatic heterocycles. The van der Waals surface area contributed by atoms with Crippen molar-refractivity contribution >= 4 is 27.5 Å². The van der Waals surface area contributed by atoms with Gasteiger partial charge in [0, 0.05) is 18.5 Å². The first-order chi connectivity index (χ1) is 23.5. The van der Waals surface area contributed by atoms with E-state index in [1.807, 2.05) is 112 Å². The summed E-state index contributed by atoms with van der Waals surface area (Å²) in [5.41, 5.74) is 1.37. The van der Waals surface area contributed by atoms with Crippen LogP contribution >= 0.6 is 0 Å². The lowest BCUT2D eigenvalue weighted by Crippen LogP contribution is -2.56. The number of nitrogens with one attached hydrogen (secondary N) is 1. The molecule has 0 aliphatic rings. The summed E-state index contributed by atoms with van der Waals surface area (Å²) in [6, 6.07) is 41.7. The zero-order valence-corrected chi connectivity index (χ0v) is 28.7. The molecular weight excluding hydrogens is 635 g/mol. The standard InChI is InChI=1S/C40H41N3O5S/c1-40(2,3)41-39(45)37(28-31-16-8-4-9-17-31)42(29-32-18-10-5-11-19-32)38(44)30-43(49(46,47)36-22-14-7-15-23-36)33-24-26-35(27-25-33)48-34-20-12-6-13-21-34/h4-27,37H,28-30H2,1-3H3,(H,41,45)/t37-/m0/s1. The Labute approximate surface area is 289 Å². The van der Waals surface area contributed by atoms with Gasteiger partial charge in [-0.1, -0.05) is 97.1 Å². The van der Waals surface area contributed by atoms with Gasteiger partial charge < -0.3 is 15.0 Å². The molecule has 0 spiro atoms. The smallest absolute Gasteiger partial charge is 0.264 e. The number of hydrogen-bond donors (Lipinski definition) is 1. The maximum atomic E-state index is 14.6. The van der Waals surface area contributed by atoms with Gasteiger partial charge in [0.15, 0.2) is 0 Å². The lowest BCUT2D eigenvalue weighted by atomic mass is 10.0. The molecule has 2 amide bonds. The highest BCUT2D eigenvalue weighted by molar-refractivity contribution is 7.92. The predicted octanol–water partition coefficient (Wildman–Crippen LogP) is 7.23. The predicted molar refractivity (Wildman–Crippen MR) is 193 cm³/mol. The first kappa shape index (κ1) is 34.9. The van der Waals surface area contributed by atoms with Crippen molar-refractivity contribution in [3.8, 4) is 11.5 Å². The summed E-state index contributed by atoms with van der Waals surface area (Å²) in [6.07, 6.45) is 0.234. The second-order valence-corrected chi connectivity index (χ2v) is 14.5. The Morgan fingerprint density at radius 2 is 1.16 bits per heavy atom. The molecule has 9 heteroatoms. The molecule has 0 unspecified atom stereocenters. The van der Waals surface area contributed by atoms with E-state index in [0.29, 0.717) is 11.5 Å². The van der Waals surface area contributed by atoms with Gasteiger partial charge in [-0.2, -0.15) is 0 Å². The maximum absolute atomic E-state index is 14.6. The van der Waals surface area contributed by atoms with Crippen molar-refractivity contribution in [1.29, 1.82) is 0 Å². The van der Waals surface area contributed by atoms with Gasteiger partial charge in [0.2, 0.25) is 11.8 Å². The van der Waals surface area contributed by atoms with E-state index in [2.05, 4.69) is 5.32 Å². The molecule has 0 aliphatic heterocycles. The molecule has 49 heavy (non-hydrogen) atoms. The maximum Gasteiger partial charge on any atom is 0.264 e. The largest absolute Gasteiger partial charge is 0.457 e. The lowest BCUT2D eigenvalue weighted by molar-refractivity contribution is -0.140. The number of ether oxygens (including phenoxy) is 1. The summed E-state index contributed by atoms with van der Waals surface area (Å²) in [4.78, 5) is 30.2. The van der Waals surface area contributed by atoms with Crippen molar-refractivity contribution in [1.82, 2.24) is 10.2 Å². The average Bonchev–Trinajstić information content (AvgIpc) is 3.10. The van der Waals surface area contributed by atoms with Crippen LogP contribution in [0.15, 0.2) is 150 Å². The van der Waals surface area contributed by atoms with Crippen LogP contribution in [0.25, 0.3) is 0 Å². The average molecular weight is 676 g/mol. The molecule has 0 aliphatic carbocycles. The minimum absolute atomic E-state index is 0.0355. The number of carbonyl (C=O) groups is 2. The van der Waals surface area contributed by atoms with Gasteiger partial charge in [-0.25, -0.2) is 8.42 Å². The van der Waals surface area contributed by atoms with Gasteiger partial charge in [0.25, 0.3) is 10.0 Å². The van der Waals surface area contributed by atoms with Crippen molar-refractivity contribution in [2.75, 3.05) is 10.8 Å². The summed E-state index contributed by atoms with van der Waals surface area (Å²) in [5.74, 6) is 0.276. The Kier molecular flexibility index (Phi) is 11.2. The van der Waals surface area contributed by atoms with Crippen LogP contribution < -0.4 is 14.4 Å². The summed E-state index contributed by atoms with van der Waals surface area (Å²) < 4.78 is 35.5. The monoisotopic (exact) mass is 675 g/mol. The molecule has 5 aromatic rings. The summed E-state index contributed by atoms with van der Waals surface area (Å²) in [6.45, 7) is 5.20. The van der Waals surface area contributed by atoms with E-state index in [0.717, 1.165) is 15.4 Å². The third-order valence-electron chi connectivity index (χ3n) is 7.68. The number of carbonyl (C=O) groups excluding carboxylic acids is 2. The van der Waals surface area contributed by atoms with Crippen molar-refractivity contribution < 1.29 is 22.7 Å². The minimum Gasteiger partial charge on any atom is -0.457 e. The molecule has 1 atom stereocenters. The van der Waals surface area contributed by atoms with Crippen molar-refractivity contribution in [3.05, 3.63) is 157 Å². The number of para-hydroxylation sites is 1. The first-order valence-electron chi connectivity index (χ1n) is 16.1. The Bertz CT molecular complexity index is 1920. The fraction of sp³-hybridized carbons (Fsp3) is 0.200. The summed E-state index contributed by atoms with van der Waals surface area (Å²) in [5, 5.41) is 3.05. The van der Waals surface area contributed by atoms with E-state index in [-0.39, 0.29) is 29.5 Å². The topological polar surface area (TPSA) is 96.0 Å². The molecule has 8 nitrogen and oxygen atoms in total. The van der Waals surface area contributed by atoms with Gasteiger partial charge in [0.05, 0.1) is 10.6 Å². The Morgan fingerprint density at radius 3 is 1.71 bits per heavy atom. The second-order valence-electron chi connectivity index (χ2n) is 12.7. The van der Waals surface area contributed by atoms with E-state index in [1.54, 1.807) is 42.5 Å². The quantitative estimate of drug-likeness (QED) is 0.142. The van der Waals surface area contributed by atoms with Crippen molar-refractivity contribution in [2.45, 2.75) is 50.2 Å². The molecule has 0 fully saturated rings. The first-order valence-corrected chi connectivity index (χ1v) is 17.5. The highest BCUT2D eigenvalue weighted by Crippen LogP contribution is 2.29. The number of benzene rings is 5. The highest BCUT2D eigenvalue weighted by Gasteiger charge is 2.35. The number of amides is 2. The number of hydrogen-bond acceptors (Lipinski definition) is 5. The van der Waals surface area contributed by atoms with Gasteiger partial charge in [-0.15, -0.1) is 0 Å². The van der Waals surface area contributed by atoms with Gasteiger partial charge in [-0.3, -0.25) is 13.9 Å². The molecule has 0 saturated heterocycles. The third-order valence-corrected chi connectivity index (χ3v) is 9.47. The zero-order chi connectivity index (χ0) is 34.9. The fourth-order valence-electron chi connectivity index (χ4n) is 5.34. The zero-order valence-electron chi connectivity index (χ0n) is 27.9. The fourth-order valence-corrected chi connectivity index (χ4v) is 6.78. The summed E-state index contributed by atoms with van der Waals surface area (Å²) in [7, 11) is -4.22. The Morgan fingerprint density at radius 1 is 0.673 bits per heavy atom. The van der Waals surface area contributed by atoms with Crippen LogP contribution in [0, 0.1) is 0 Å². The van der Waals surface area contributed by atoms with E-state index in [1.165, 1.54) is 17.0 Å². The van der Waals surface area contributed by atoms with Crippen LogP contribution in [0.1, 0.15) is 31.9 Å². The Hall–Kier alpha value is -5.41. The van der Waals surface area contributed by atoms with Gasteiger partial charge in [-0.05, 0) is 80.4 Å². The number of sulfonamides is 1. The van der Waals surface area contributed by atoms with E-state index < -0.39 is 34.1 Å². The van der Waals surface area contributed by atoms with Crippen molar-refractivity contribution in [2.24, 2.45) is 0 Å². The van der Waals surface area contributed by atoms with Crippen LogP contribution in [-0.2, 0) is 32.6 Å². The van der Waals surface area contributed by atoms with Crippen LogP contribution in [0.2, 0.25) is 0 Å². The molecular formula is C40H41N3O5S. The molecule has 252 valence electrons. The van der Waals surface area contributed by atoms with Crippen LogP contribution in [0.5, 0.6) is 11.5 Å². The molecule has 0 radical (unpaired) electrons. The second kappa shape index (κ2) is 15.7. The van der Waals surface area contributed by atoms with Crippen LogP contribution in [0.4, 0.5) is 5.69 Å². The normalized spacial score (nSPS) is 12.1. The van der Waals surface area contributed by atoms with Crippen LogP contribution in [-0.4, -0.2) is 43.3 Å². The van der Waals surface area contributed by atoms with Crippen molar-refractivity contribution in [3.63, 3.8) is 0 Å². The molecule has 1 N–H and O–H groups in total.